The third kappa shape index (κ3) is 13.5. The number of carbonyl (C=O) groups is 4. The van der Waals surface area contributed by atoms with Crippen molar-refractivity contribution in [2.45, 2.75) is 79.6 Å². The van der Waals surface area contributed by atoms with Gasteiger partial charge in [0.1, 0.15) is 19.0 Å². The van der Waals surface area contributed by atoms with E-state index in [1.807, 2.05) is 37.3 Å². The maximum Gasteiger partial charge on any atom is 0.330 e. The molecule has 0 spiro atoms. The largest absolute Gasteiger partial charge is 0.465 e. The predicted molar refractivity (Wildman–Crippen MR) is 148 cm³/mol. The number of ketones is 1. The van der Waals surface area contributed by atoms with Gasteiger partial charge in [-0.3, -0.25) is 14.4 Å². The Labute approximate surface area is 228 Å². The molecule has 0 saturated carbocycles. The molecule has 0 aliphatic heterocycles. The maximum atomic E-state index is 12.7. The van der Waals surface area contributed by atoms with E-state index >= 15 is 0 Å². The average Bonchev–Trinajstić information content (AvgIpc) is 2.92. The Bertz CT molecular complexity index is 877. The molecule has 0 heterocycles. The van der Waals surface area contributed by atoms with E-state index in [1.165, 1.54) is 13.0 Å². The van der Waals surface area contributed by atoms with Gasteiger partial charge in [-0.25, -0.2) is 4.79 Å². The molecule has 0 saturated heterocycles. The van der Waals surface area contributed by atoms with E-state index in [0.29, 0.717) is 25.4 Å². The van der Waals surface area contributed by atoms with Crippen molar-refractivity contribution < 1.29 is 33.4 Å². The van der Waals surface area contributed by atoms with Gasteiger partial charge in [0.25, 0.3) is 0 Å². The smallest absolute Gasteiger partial charge is 0.330 e. The number of ether oxygens (including phenoxy) is 3. The van der Waals surface area contributed by atoms with Crippen molar-refractivity contribution in [1.29, 1.82) is 0 Å². The van der Waals surface area contributed by atoms with Crippen LogP contribution in [0, 0.1) is 23.7 Å². The van der Waals surface area contributed by atoms with Crippen molar-refractivity contribution in [1.82, 2.24) is 0 Å². The topological polar surface area (TPSA) is 96.0 Å². The third-order valence-electron chi connectivity index (χ3n) is 6.80. The lowest BCUT2D eigenvalue weighted by Crippen LogP contribution is -2.28. The highest BCUT2D eigenvalue weighted by atomic mass is 16.6. The molecule has 0 aromatic heterocycles. The van der Waals surface area contributed by atoms with Crippen LogP contribution in [0.25, 0.3) is 6.08 Å². The van der Waals surface area contributed by atoms with Crippen LogP contribution in [0.15, 0.2) is 36.4 Å². The van der Waals surface area contributed by atoms with E-state index in [0.717, 1.165) is 31.2 Å². The fraction of sp³-hybridized carbons (Fsp3) is 0.613. The molecule has 0 fully saturated rings. The summed E-state index contributed by atoms with van der Waals surface area (Å²) in [6, 6.07) is 9.35. The summed E-state index contributed by atoms with van der Waals surface area (Å²) in [4.78, 5) is 49.4. The van der Waals surface area contributed by atoms with Crippen LogP contribution in [0.3, 0.4) is 0 Å². The quantitative estimate of drug-likeness (QED) is 0.0910. The van der Waals surface area contributed by atoms with Crippen molar-refractivity contribution in [2.75, 3.05) is 19.8 Å². The van der Waals surface area contributed by atoms with Gasteiger partial charge in [-0.1, -0.05) is 77.3 Å². The summed E-state index contributed by atoms with van der Waals surface area (Å²) < 4.78 is 15.9. The van der Waals surface area contributed by atoms with Crippen LogP contribution in [-0.2, 0) is 33.4 Å². The van der Waals surface area contributed by atoms with Gasteiger partial charge in [-0.05, 0) is 50.2 Å². The van der Waals surface area contributed by atoms with Crippen molar-refractivity contribution in [3.05, 3.63) is 42.0 Å². The molecule has 1 aromatic carbocycles. The highest BCUT2D eigenvalue weighted by Crippen LogP contribution is 2.25. The Morgan fingerprint density at radius 1 is 0.842 bits per heavy atom. The van der Waals surface area contributed by atoms with E-state index in [1.54, 1.807) is 13.0 Å². The zero-order valence-electron chi connectivity index (χ0n) is 23.8. The lowest BCUT2D eigenvalue weighted by Gasteiger charge is -2.23. The highest BCUT2D eigenvalue weighted by Gasteiger charge is 2.29. The summed E-state index contributed by atoms with van der Waals surface area (Å²) in [5.74, 6) is -2.35. The lowest BCUT2D eigenvalue weighted by atomic mass is 9.84. The normalized spacial score (nSPS) is 14.3. The Morgan fingerprint density at radius 3 is 2.13 bits per heavy atom. The van der Waals surface area contributed by atoms with Crippen LogP contribution >= 0.6 is 0 Å². The minimum atomic E-state index is -0.537. The fourth-order valence-corrected chi connectivity index (χ4v) is 4.14. The first-order valence-corrected chi connectivity index (χ1v) is 13.9. The van der Waals surface area contributed by atoms with Crippen molar-refractivity contribution in [2.24, 2.45) is 23.7 Å². The SMILES string of the molecule is CCCCC(CC)COC(=O)C(CC)CC(CC(C)C(=O)OCCOC(=O)C=Cc1ccccc1)C(C)=O. The minimum absolute atomic E-state index is 0.0622. The Morgan fingerprint density at radius 2 is 1.53 bits per heavy atom. The Balaban J connectivity index is 2.47. The molecule has 7 nitrogen and oxygen atoms in total. The number of hydrogen-bond donors (Lipinski definition) is 0. The second-order valence-electron chi connectivity index (χ2n) is 9.91. The maximum absolute atomic E-state index is 12.7. The van der Waals surface area contributed by atoms with Crippen LogP contribution in [0.2, 0.25) is 0 Å². The van der Waals surface area contributed by atoms with Gasteiger partial charge in [-0.15, -0.1) is 0 Å². The van der Waals surface area contributed by atoms with Crippen LogP contribution in [0.5, 0.6) is 0 Å². The molecule has 0 radical (unpaired) electrons. The second-order valence-corrected chi connectivity index (χ2v) is 9.91. The zero-order chi connectivity index (χ0) is 28.3. The van der Waals surface area contributed by atoms with Gasteiger partial charge in [0.05, 0.1) is 18.4 Å². The van der Waals surface area contributed by atoms with E-state index in [4.69, 9.17) is 14.2 Å². The molecule has 212 valence electrons. The lowest BCUT2D eigenvalue weighted by molar-refractivity contribution is -0.153. The standard InChI is InChI=1S/C31H46O7/c1-6-9-13-25(7-2)22-38-31(35)27(8-3)21-28(24(5)32)20-23(4)30(34)37-19-18-36-29(33)17-16-26-14-11-10-12-15-26/h10-12,14-17,23,25,27-28H,6-9,13,18-22H2,1-5H3. The van der Waals surface area contributed by atoms with E-state index < -0.39 is 23.8 Å². The molecule has 4 unspecified atom stereocenters. The number of carbonyl (C=O) groups excluding carboxylic acids is 4. The van der Waals surface area contributed by atoms with Gasteiger partial charge in [0.15, 0.2) is 0 Å². The predicted octanol–water partition coefficient (Wildman–Crippen LogP) is 6.19. The molecule has 1 aromatic rings. The van der Waals surface area contributed by atoms with Crippen molar-refractivity contribution in [3.63, 3.8) is 0 Å². The number of rotatable bonds is 19. The summed E-state index contributed by atoms with van der Waals surface area (Å²) in [5.41, 5.74) is 0.875. The van der Waals surface area contributed by atoms with Gasteiger partial charge in [-0.2, -0.15) is 0 Å². The van der Waals surface area contributed by atoms with Gasteiger partial charge < -0.3 is 14.2 Å². The monoisotopic (exact) mass is 530 g/mol. The summed E-state index contributed by atoms with van der Waals surface area (Å²) in [7, 11) is 0. The van der Waals surface area contributed by atoms with Gasteiger partial charge >= 0.3 is 17.9 Å². The minimum Gasteiger partial charge on any atom is -0.465 e. The first-order valence-electron chi connectivity index (χ1n) is 13.9. The van der Waals surface area contributed by atoms with Crippen LogP contribution in [-0.4, -0.2) is 43.5 Å². The average molecular weight is 531 g/mol. The fourth-order valence-electron chi connectivity index (χ4n) is 4.14. The number of esters is 3. The van der Waals surface area contributed by atoms with E-state index in [-0.39, 0.29) is 37.3 Å². The molecule has 0 aliphatic rings. The molecule has 0 amide bonds. The molecule has 0 bridgehead atoms. The van der Waals surface area contributed by atoms with Crippen LogP contribution in [0.4, 0.5) is 0 Å². The number of unbranched alkanes of at least 4 members (excludes halogenated alkanes) is 1. The summed E-state index contributed by atoms with van der Waals surface area (Å²) >= 11 is 0. The molecule has 38 heavy (non-hydrogen) atoms. The Hall–Kier alpha value is -2.96. The summed E-state index contributed by atoms with van der Waals surface area (Å²) in [6.07, 6.45) is 8.38. The first kappa shape index (κ1) is 33.1. The van der Waals surface area contributed by atoms with E-state index in [9.17, 15) is 19.2 Å². The summed E-state index contributed by atoms with van der Waals surface area (Å²) in [5, 5.41) is 0. The molecule has 7 heteroatoms. The Kier molecular flexibility index (Phi) is 16.7. The molecule has 1 rings (SSSR count). The molecule has 4 atom stereocenters. The van der Waals surface area contributed by atoms with Crippen molar-refractivity contribution in [3.8, 4) is 0 Å². The third-order valence-corrected chi connectivity index (χ3v) is 6.80. The van der Waals surface area contributed by atoms with Crippen LogP contribution in [0.1, 0.15) is 85.1 Å². The van der Waals surface area contributed by atoms with E-state index in [2.05, 4.69) is 13.8 Å². The summed E-state index contributed by atoms with van der Waals surface area (Å²) in [6.45, 7) is 9.62. The number of benzene rings is 1. The van der Waals surface area contributed by atoms with Gasteiger partial charge in [0.2, 0.25) is 0 Å². The van der Waals surface area contributed by atoms with Gasteiger partial charge in [0, 0.05) is 12.0 Å². The molecule has 0 N–H and O–H groups in total. The number of hydrogen-bond acceptors (Lipinski definition) is 7. The van der Waals surface area contributed by atoms with Crippen LogP contribution < -0.4 is 0 Å². The van der Waals surface area contributed by atoms with Crippen molar-refractivity contribution >= 4 is 29.8 Å². The highest BCUT2D eigenvalue weighted by molar-refractivity contribution is 5.87. The molecule has 0 aliphatic carbocycles. The zero-order valence-corrected chi connectivity index (χ0v) is 23.8. The molecular formula is C31H46O7. The second kappa shape index (κ2) is 19.2. The first-order chi connectivity index (χ1) is 18.2. The number of Topliss-reactive ketones (excluding diaryl/α,β-unsaturated/α-hetero) is 1. The molecular weight excluding hydrogens is 484 g/mol.